The zero-order chi connectivity index (χ0) is 16.0. The summed E-state index contributed by atoms with van der Waals surface area (Å²) in [5.41, 5.74) is 2.42. The number of hydrogen-bond donors (Lipinski definition) is 2. The van der Waals surface area contributed by atoms with E-state index in [0.29, 0.717) is 18.9 Å². The maximum Gasteiger partial charge on any atom is 0.122 e. The zero-order valence-corrected chi connectivity index (χ0v) is 14.0. The average molecular weight is 294 g/mol. The van der Waals surface area contributed by atoms with Gasteiger partial charge in [-0.2, -0.15) is 0 Å². The molecule has 1 aromatic carbocycles. The number of aliphatic hydroxyl groups excluding tert-OH is 2. The van der Waals surface area contributed by atoms with Gasteiger partial charge in [0.05, 0.1) is 18.8 Å². The highest BCUT2D eigenvalue weighted by molar-refractivity contribution is 5.40. The Bertz CT molecular complexity index is 426. The van der Waals surface area contributed by atoms with Gasteiger partial charge in [-0.3, -0.25) is 0 Å². The van der Waals surface area contributed by atoms with E-state index in [1.807, 2.05) is 13.0 Å². The van der Waals surface area contributed by atoms with Crippen LogP contribution in [-0.4, -0.2) is 29.0 Å². The Hall–Kier alpha value is -1.06. The van der Waals surface area contributed by atoms with Crippen molar-refractivity contribution in [2.45, 2.75) is 71.5 Å². The van der Waals surface area contributed by atoms with E-state index in [1.165, 1.54) is 11.1 Å². The molecule has 0 aliphatic heterocycles. The van der Waals surface area contributed by atoms with Gasteiger partial charge in [0.25, 0.3) is 0 Å². The molecule has 120 valence electrons. The summed E-state index contributed by atoms with van der Waals surface area (Å²) in [4.78, 5) is 0. The second-order valence-corrected chi connectivity index (χ2v) is 6.03. The third kappa shape index (κ3) is 5.01. The van der Waals surface area contributed by atoms with Crippen molar-refractivity contribution in [3.05, 3.63) is 29.3 Å². The van der Waals surface area contributed by atoms with Gasteiger partial charge in [0.15, 0.2) is 0 Å². The molecule has 0 aromatic heterocycles. The molecule has 3 unspecified atom stereocenters. The van der Waals surface area contributed by atoms with Crippen molar-refractivity contribution in [3.63, 3.8) is 0 Å². The fourth-order valence-electron chi connectivity index (χ4n) is 2.59. The largest absolute Gasteiger partial charge is 0.494 e. The molecule has 1 aromatic rings. The third-order valence-electron chi connectivity index (χ3n) is 4.00. The van der Waals surface area contributed by atoms with Crippen LogP contribution in [0.5, 0.6) is 5.75 Å². The van der Waals surface area contributed by atoms with Gasteiger partial charge >= 0.3 is 0 Å². The predicted molar refractivity (Wildman–Crippen MR) is 87.0 cm³/mol. The van der Waals surface area contributed by atoms with Crippen LogP contribution in [-0.2, 0) is 0 Å². The van der Waals surface area contributed by atoms with Crippen LogP contribution in [0.4, 0.5) is 0 Å². The molecule has 2 N–H and O–H groups in total. The van der Waals surface area contributed by atoms with Crippen LogP contribution in [0.1, 0.15) is 70.4 Å². The van der Waals surface area contributed by atoms with Gasteiger partial charge < -0.3 is 14.9 Å². The summed E-state index contributed by atoms with van der Waals surface area (Å²) in [6, 6.07) is 6.31. The highest BCUT2D eigenvalue weighted by Gasteiger charge is 2.20. The zero-order valence-electron chi connectivity index (χ0n) is 14.0. The molecule has 0 radical (unpaired) electrons. The van der Waals surface area contributed by atoms with Crippen LogP contribution in [0.3, 0.4) is 0 Å². The minimum atomic E-state index is -0.689. The van der Waals surface area contributed by atoms with Crippen molar-refractivity contribution in [1.29, 1.82) is 0 Å². The summed E-state index contributed by atoms with van der Waals surface area (Å²) in [6.07, 6.45) is 0.157. The molecule has 0 amide bonds. The molecule has 0 bridgehead atoms. The molecule has 0 spiro atoms. The van der Waals surface area contributed by atoms with E-state index >= 15 is 0 Å². The van der Waals surface area contributed by atoms with Crippen molar-refractivity contribution in [2.75, 3.05) is 6.61 Å². The predicted octanol–water partition coefficient (Wildman–Crippen LogP) is 3.83. The van der Waals surface area contributed by atoms with Crippen molar-refractivity contribution in [2.24, 2.45) is 0 Å². The van der Waals surface area contributed by atoms with Gasteiger partial charge in [0.2, 0.25) is 0 Å². The molecule has 0 saturated carbocycles. The standard InChI is InChI=1S/C18H30O3/c1-6-14(11-17(20)13(5)19)15-8-9-18(21-7-2)16(10-15)12(3)4/h8-10,12-14,17,19-20H,6-7,11H2,1-5H3. The monoisotopic (exact) mass is 294 g/mol. The second-order valence-electron chi connectivity index (χ2n) is 6.03. The molecule has 21 heavy (non-hydrogen) atoms. The third-order valence-corrected chi connectivity index (χ3v) is 4.00. The van der Waals surface area contributed by atoms with Crippen LogP contribution < -0.4 is 4.74 Å². The van der Waals surface area contributed by atoms with Crippen molar-refractivity contribution >= 4 is 0 Å². The summed E-state index contributed by atoms with van der Waals surface area (Å²) in [5.74, 6) is 1.59. The summed E-state index contributed by atoms with van der Waals surface area (Å²) < 4.78 is 5.70. The molecule has 1 rings (SSSR count). The quantitative estimate of drug-likeness (QED) is 0.766. The summed E-state index contributed by atoms with van der Waals surface area (Å²) in [5, 5.41) is 19.4. The van der Waals surface area contributed by atoms with E-state index in [2.05, 4.69) is 32.9 Å². The molecule has 0 fully saturated rings. The average Bonchev–Trinajstić information content (AvgIpc) is 2.45. The number of rotatable bonds is 8. The second kappa shape index (κ2) is 8.40. The Labute approximate surface area is 129 Å². The molecule has 3 heteroatoms. The van der Waals surface area contributed by atoms with E-state index in [9.17, 15) is 10.2 Å². The highest BCUT2D eigenvalue weighted by Crippen LogP contribution is 2.33. The molecular formula is C18H30O3. The van der Waals surface area contributed by atoms with Gasteiger partial charge in [0.1, 0.15) is 5.75 Å². The van der Waals surface area contributed by atoms with Gasteiger partial charge in [-0.05, 0) is 55.7 Å². The normalized spacial score (nSPS) is 15.8. The first-order valence-electron chi connectivity index (χ1n) is 8.03. The first-order chi connectivity index (χ1) is 9.90. The maximum absolute atomic E-state index is 9.93. The molecular weight excluding hydrogens is 264 g/mol. The lowest BCUT2D eigenvalue weighted by Gasteiger charge is -2.23. The van der Waals surface area contributed by atoms with E-state index in [1.54, 1.807) is 6.92 Å². The fraction of sp³-hybridized carbons (Fsp3) is 0.667. The summed E-state index contributed by atoms with van der Waals surface area (Å²) in [6.45, 7) is 10.7. The summed E-state index contributed by atoms with van der Waals surface area (Å²) >= 11 is 0. The molecule has 0 aliphatic rings. The molecule has 0 aliphatic carbocycles. The Morgan fingerprint density at radius 1 is 1.10 bits per heavy atom. The van der Waals surface area contributed by atoms with E-state index < -0.39 is 12.2 Å². The Morgan fingerprint density at radius 2 is 1.76 bits per heavy atom. The lowest BCUT2D eigenvalue weighted by atomic mass is 9.87. The van der Waals surface area contributed by atoms with Crippen LogP contribution >= 0.6 is 0 Å². The molecule has 3 atom stereocenters. The van der Waals surface area contributed by atoms with Crippen molar-refractivity contribution in [3.8, 4) is 5.75 Å². The van der Waals surface area contributed by atoms with Crippen molar-refractivity contribution in [1.82, 2.24) is 0 Å². The van der Waals surface area contributed by atoms with Gasteiger partial charge in [-0.15, -0.1) is 0 Å². The summed E-state index contributed by atoms with van der Waals surface area (Å²) in [7, 11) is 0. The first kappa shape index (κ1) is 18.0. The number of hydrogen-bond acceptors (Lipinski definition) is 3. The Morgan fingerprint density at radius 3 is 2.24 bits per heavy atom. The fourth-order valence-corrected chi connectivity index (χ4v) is 2.59. The molecule has 0 saturated heterocycles. The topological polar surface area (TPSA) is 49.7 Å². The Balaban J connectivity index is 3.02. The SMILES string of the molecule is CCOc1ccc(C(CC)CC(O)C(C)O)cc1C(C)C. The lowest BCUT2D eigenvalue weighted by Crippen LogP contribution is -2.24. The van der Waals surface area contributed by atoms with Gasteiger partial charge in [-0.25, -0.2) is 0 Å². The first-order valence-corrected chi connectivity index (χ1v) is 8.03. The van der Waals surface area contributed by atoms with Gasteiger partial charge in [-0.1, -0.05) is 32.9 Å². The minimum Gasteiger partial charge on any atom is -0.494 e. The number of benzene rings is 1. The molecule has 0 heterocycles. The molecule has 3 nitrogen and oxygen atoms in total. The van der Waals surface area contributed by atoms with Crippen LogP contribution in [0.2, 0.25) is 0 Å². The Kier molecular flexibility index (Phi) is 7.20. The smallest absolute Gasteiger partial charge is 0.122 e. The van der Waals surface area contributed by atoms with Crippen LogP contribution in [0.15, 0.2) is 18.2 Å². The van der Waals surface area contributed by atoms with E-state index in [4.69, 9.17) is 4.74 Å². The number of ether oxygens (including phenoxy) is 1. The highest BCUT2D eigenvalue weighted by atomic mass is 16.5. The lowest BCUT2D eigenvalue weighted by molar-refractivity contribution is 0.0215. The van der Waals surface area contributed by atoms with E-state index in [-0.39, 0.29) is 5.92 Å². The maximum atomic E-state index is 9.93. The van der Waals surface area contributed by atoms with Crippen LogP contribution in [0, 0.1) is 0 Å². The van der Waals surface area contributed by atoms with Crippen molar-refractivity contribution < 1.29 is 14.9 Å². The van der Waals surface area contributed by atoms with E-state index in [0.717, 1.165) is 12.2 Å². The van der Waals surface area contributed by atoms with Crippen LogP contribution in [0.25, 0.3) is 0 Å². The number of aliphatic hydroxyl groups is 2. The minimum absolute atomic E-state index is 0.253. The van der Waals surface area contributed by atoms with Gasteiger partial charge in [0, 0.05) is 0 Å².